The molecule has 142 valence electrons. The second-order valence-electron chi connectivity index (χ2n) is 6.42. The van der Waals surface area contributed by atoms with Crippen molar-refractivity contribution < 1.29 is 32.2 Å². The number of halogens is 3. The molecule has 1 aromatic rings. The van der Waals surface area contributed by atoms with Crippen molar-refractivity contribution in [1.82, 2.24) is 10.6 Å². The predicted molar refractivity (Wildman–Crippen MR) is 84.8 cm³/mol. The SMILES string of the molecule is O=C(CNC(=O)c1ccc2c(c1)OCO2)NC1CCCC(C(F)(F)F)C1. The van der Waals surface area contributed by atoms with Crippen LogP contribution in [0.15, 0.2) is 18.2 Å². The zero-order valence-electron chi connectivity index (χ0n) is 13.9. The standard InChI is InChI=1S/C17H19F3N2O4/c18-17(19,20)11-2-1-3-12(7-11)22-15(23)8-21-16(24)10-4-5-13-14(6-10)26-9-25-13/h4-6,11-12H,1-3,7-9H2,(H,21,24)(H,22,23). The zero-order valence-corrected chi connectivity index (χ0v) is 13.9. The summed E-state index contributed by atoms with van der Waals surface area (Å²) in [6.45, 7) is -0.219. The fraction of sp³-hybridized carbons (Fsp3) is 0.529. The largest absolute Gasteiger partial charge is 0.454 e. The molecular formula is C17H19F3N2O4. The number of benzene rings is 1. The minimum absolute atomic E-state index is 0.0864. The van der Waals surface area contributed by atoms with E-state index < -0.39 is 30.0 Å². The van der Waals surface area contributed by atoms with Crippen molar-refractivity contribution in [3.8, 4) is 11.5 Å². The van der Waals surface area contributed by atoms with E-state index in [1.165, 1.54) is 12.1 Å². The van der Waals surface area contributed by atoms with Crippen LogP contribution in [0.5, 0.6) is 11.5 Å². The third-order valence-electron chi connectivity index (χ3n) is 4.55. The summed E-state index contributed by atoms with van der Waals surface area (Å²) in [5.41, 5.74) is 0.303. The minimum atomic E-state index is -4.24. The van der Waals surface area contributed by atoms with Crippen LogP contribution in [0.1, 0.15) is 36.0 Å². The fourth-order valence-corrected chi connectivity index (χ4v) is 3.20. The number of nitrogens with one attached hydrogen (secondary N) is 2. The van der Waals surface area contributed by atoms with E-state index in [2.05, 4.69) is 10.6 Å². The maximum atomic E-state index is 12.8. The summed E-state index contributed by atoms with van der Waals surface area (Å²) >= 11 is 0. The summed E-state index contributed by atoms with van der Waals surface area (Å²) in [5.74, 6) is -1.38. The lowest BCUT2D eigenvalue weighted by Crippen LogP contribution is -2.45. The van der Waals surface area contributed by atoms with Gasteiger partial charge in [0.1, 0.15) is 0 Å². The summed E-state index contributed by atoms with van der Waals surface area (Å²) in [6, 6.07) is 4.11. The highest BCUT2D eigenvalue weighted by Crippen LogP contribution is 2.37. The first-order valence-corrected chi connectivity index (χ1v) is 8.37. The van der Waals surface area contributed by atoms with Gasteiger partial charge in [0.2, 0.25) is 12.7 Å². The lowest BCUT2D eigenvalue weighted by molar-refractivity contribution is -0.184. The summed E-state index contributed by atoms with van der Waals surface area (Å²) in [4.78, 5) is 24.0. The van der Waals surface area contributed by atoms with Gasteiger partial charge in [0.15, 0.2) is 11.5 Å². The second kappa shape index (κ2) is 7.43. The van der Waals surface area contributed by atoms with Gasteiger partial charge >= 0.3 is 6.18 Å². The first kappa shape index (κ1) is 18.3. The number of hydrogen-bond donors (Lipinski definition) is 2. The Morgan fingerprint density at radius 1 is 1.15 bits per heavy atom. The van der Waals surface area contributed by atoms with Crippen LogP contribution in [0.3, 0.4) is 0 Å². The van der Waals surface area contributed by atoms with Crippen LogP contribution in [0, 0.1) is 5.92 Å². The molecular weight excluding hydrogens is 353 g/mol. The van der Waals surface area contributed by atoms with Crippen molar-refractivity contribution in [3.63, 3.8) is 0 Å². The minimum Gasteiger partial charge on any atom is -0.454 e. The highest BCUT2D eigenvalue weighted by Gasteiger charge is 2.42. The molecule has 0 spiro atoms. The van der Waals surface area contributed by atoms with E-state index in [0.29, 0.717) is 29.9 Å². The number of ether oxygens (including phenoxy) is 2. The quantitative estimate of drug-likeness (QED) is 0.851. The van der Waals surface area contributed by atoms with Crippen LogP contribution in [0.25, 0.3) is 0 Å². The molecule has 1 aliphatic carbocycles. The van der Waals surface area contributed by atoms with Crippen LogP contribution >= 0.6 is 0 Å². The number of hydrogen-bond acceptors (Lipinski definition) is 4. The number of fused-ring (bicyclic) bond motifs is 1. The molecule has 1 aliphatic heterocycles. The van der Waals surface area contributed by atoms with Gasteiger partial charge in [-0.15, -0.1) is 0 Å². The van der Waals surface area contributed by atoms with E-state index in [9.17, 15) is 22.8 Å². The number of rotatable bonds is 4. The molecule has 0 bridgehead atoms. The zero-order chi connectivity index (χ0) is 18.7. The number of amides is 2. The Kier molecular flexibility index (Phi) is 5.24. The van der Waals surface area contributed by atoms with Gasteiger partial charge in [-0.05, 0) is 37.5 Å². The van der Waals surface area contributed by atoms with E-state index in [-0.39, 0.29) is 26.2 Å². The molecule has 1 fully saturated rings. The molecule has 1 heterocycles. The monoisotopic (exact) mass is 372 g/mol. The van der Waals surface area contributed by atoms with E-state index in [4.69, 9.17) is 9.47 Å². The molecule has 2 unspecified atom stereocenters. The van der Waals surface area contributed by atoms with Crippen molar-refractivity contribution >= 4 is 11.8 Å². The van der Waals surface area contributed by atoms with E-state index >= 15 is 0 Å². The van der Waals surface area contributed by atoms with Crippen molar-refractivity contribution in [2.45, 2.75) is 37.9 Å². The summed E-state index contributed by atoms with van der Waals surface area (Å²) in [5, 5.41) is 5.02. The molecule has 0 saturated heterocycles. The molecule has 0 aromatic heterocycles. The van der Waals surface area contributed by atoms with Crippen molar-refractivity contribution in [3.05, 3.63) is 23.8 Å². The van der Waals surface area contributed by atoms with E-state index in [1.807, 2.05) is 0 Å². The maximum absolute atomic E-state index is 12.8. The van der Waals surface area contributed by atoms with Crippen molar-refractivity contribution in [1.29, 1.82) is 0 Å². The first-order chi connectivity index (χ1) is 12.3. The lowest BCUT2D eigenvalue weighted by atomic mass is 9.85. The van der Waals surface area contributed by atoms with Crippen LogP contribution in [-0.4, -0.2) is 37.4 Å². The van der Waals surface area contributed by atoms with E-state index in [0.717, 1.165) is 0 Å². The van der Waals surface area contributed by atoms with Gasteiger partial charge in [0, 0.05) is 11.6 Å². The lowest BCUT2D eigenvalue weighted by Gasteiger charge is -2.31. The number of alkyl halides is 3. The Hall–Kier alpha value is -2.45. The Morgan fingerprint density at radius 2 is 1.92 bits per heavy atom. The first-order valence-electron chi connectivity index (χ1n) is 8.37. The topological polar surface area (TPSA) is 76.7 Å². The van der Waals surface area contributed by atoms with Crippen LogP contribution < -0.4 is 20.1 Å². The average molecular weight is 372 g/mol. The summed E-state index contributed by atoms with van der Waals surface area (Å²) < 4.78 is 48.7. The molecule has 2 amide bonds. The molecule has 2 N–H and O–H groups in total. The van der Waals surface area contributed by atoms with Gasteiger partial charge < -0.3 is 20.1 Å². The van der Waals surface area contributed by atoms with Gasteiger partial charge in [-0.25, -0.2) is 0 Å². The highest BCUT2D eigenvalue weighted by atomic mass is 19.4. The van der Waals surface area contributed by atoms with Gasteiger partial charge in [-0.1, -0.05) is 6.42 Å². The van der Waals surface area contributed by atoms with Gasteiger partial charge in [0.05, 0.1) is 12.5 Å². The van der Waals surface area contributed by atoms with E-state index in [1.54, 1.807) is 6.07 Å². The third kappa shape index (κ3) is 4.39. The van der Waals surface area contributed by atoms with Crippen molar-refractivity contribution in [2.24, 2.45) is 5.92 Å². The molecule has 9 heteroatoms. The predicted octanol–water partition coefficient (Wildman–Crippen LogP) is 2.38. The highest BCUT2D eigenvalue weighted by molar-refractivity contribution is 5.97. The summed E-state index contributed by atoms with van der Waals surface area (Å²) in [6.07, 6.45) is -3.34. The Bertz CT molecular complexity index is 693. The van der Waals surface area contributed by atoms with Crippen LogP contribution in [0.4, 0.5) is 13.2 Å². The fourth-order valence-electron chi connectivity index (χ4n) is 3.20. The number of carbonyl (C=O) groups is 2. The Labute approximate surface area is 148 Å². The second-order valence-corrected chi connectivity index (χ2v) is 6.42. The molecule has 0 radical (unpaired) electrons. The molecule has 2 aliphatic rings. The third-order valence-corrected chi connectivity index (χ3v) is 4.55. The van der Waals surface area contributed by atoms with Gasteiger partial charge in [-0.3, -0.25) is 9.59 Å². The Balaban J connectivity index is 1.47. The molecule has 26 heavy (non-hydrogen) atoms. The van der Waals surface area contributed by atoms with Crippen LogP contribution in [-0.2, 0) is 4.79 Å². The molecule has 2 atom stereocenters. The van der Waals surface area contributed by atoms with Gasteiger partial charge in [-0.2, -0.15) is 13.2 Å². The maximum Gasteiger partial charge on any atom is 0.391 e. The van der Waals surface area contributed by atoms with Crippen LogP contribution in [0.2, 0.25) is 0 Å². The number of carbonyl (C=O) groups excluding carboxylic acids is 2. The smallest absolute Gasteiger partial charge is 0.391 e. The summed E-state index contributed by atoms with van der Waals surface area (Å²) in [7, 11) is 0. The molecule has 1 saturated carbocycles. The van der Waals surface area contributed by atoms with Crippen molar-refractivity contribution in [2.75, 3.05) is 13.3 Å². The van der Waals surface area contributed by atoms with Gasteiger partial charge in [0.25, 0.3) is 5.91 Å². The molecule has 3 rings (SSSR count). The Morgan fingerprint density at radius 3 is 2.69 bits per heavy atom. The molecule has 1 aromatic carbocycles. The molecule has 6 nitrogen and oxygen atoms in total. The average Bonchev–Trinajstić information content (AvgIpc) is 3.07. The normalized spacial score (nSPS) is 22.0.